The third kappa shape index (κ3) is 3.17. The van der Waals surface area contributed by atoms with Gasteiger partial charge in [-0.25, -0.2) is 0 Å². The molecule has 4 heteroatoms. The quantitative estimate of drug-likeness (QED) is 0.641. The van der Waals surface area contributed by atoms with Crippen LogP contribution < -0.4 is 0 Å². The first-order valence-corrected chi connectivity index (χ1v) is 6.57. The number of ketones is 1. The fraction of sp³-hybridized carbons (Fsp3) is 0. The van der Waals surface area contributed by atoms with Gasteiger partial charge in [0, 0.05) is 11.3 Å². The second kappa shape index (κ2) is 5.47. The first kappa shape index (κ1) is 12.3. The molecule has 0 saturated heterocycles. The van der Waals surface area contributed by atoms with Crippen molar-refractivity contribution in [3.8, 4) is 0 Å². The number of aromatic amines is 1. The number of carbonyl (C=O) groups excluding carboxylic acids is 1. The molecule has 0 spiro atoms. The van der Waals surface area contributed by atoms with Crippen LogP contribution in [0.2, 0.25) is 0 Å². The number of hydrogen-bond donors (Lipinski definition) is 1. The van der Waals surface area contributed by atoms with Crippen molar-refractivity contribution in [3.63, 3.8) is 0 Å². The zero-order valence-electron chi connectivity index (χ0n) is 8.78. The van der Waals surface area contributed by atoms with Gasteiger partial charge < -0.3 is 4.98 Å². The van der Waals surface area contributed by atoms with Gasteiger partial charge in [0.05, 0.1) is 9.08 Å². The number of halogens is 2. The molecule has 0 unspecified atom stereocenters. The Morgan fingerprint density at radius 3 is 2.47 bits per heavy atom. The van der Waals surface area contributed by atoms with E-state index >= 15 is 0 Å². The summed E-state index contributed by atoms with van der Waals surface area (Å²) in [6.45, 7) is 0. The SMILES string of the molecule is O=C(/C=C/c1cc(Br)c(Br)[nH]1)c1ccccc1. The van der Waals surface area contributed by atoms with Crippen LogP contribution in [0.4, 0.5) is 0 Å². The average Bonchev–Trinajstić information content (AvgIpc) is 2.67. The van der Waals surface area contributed by atoms with E-state index in [2.05, 4.69) is 36.8 Å². The monoisotopic (exact) mass is 353 g/mol. The van der Waals surface area contributed by atoms with Gasteiger partial charge in [0.15, 0.2) is 5.78 Å². The van der Waals surface area contributed by atoms with Crippen molar-refractivity contribution in [3.05, 3.63) is 62.8 Å². The third-order valence-electron chi connectivity index (χ3n) is 2.22. The van der Waals surface area contributed by atoms with Crippen LogP contribution in [0.5, 0.6) is 0 Å². The molecule has 86 valence electrons. The van der Waals surface area contributed by atoms with E-state index in [1.165, 1.54) is 0 Å². The Bertz CT molecular complexity index is 539. The zero-order chi connectivity index (χ0) is 12.3. The van der Waals surface area contributed by atoms with Gasteiger partial charge in [0.2, 0.25) is 0 Å². The number of nitrogens with one attached hydrogen (secondary N) is 1. The molecule has 0 aliphatic carbocycles. The molecule has 0 fully saturated rings. The van der Waals surface area contributed by atoms with E-state index in [0.717, 1.165) is 14.8 Å². The number of allylic oxidation sites excluding steroid dienone is 1. The standard InChI is InChI=1S/C13H9Br2NO/c14-11-8-10(16-13(11)15)6-7-12(17)9-4-2-1-3-5-9/h1-8,16H/b7-6+. The number of carbonyl (C=O) groups is 1. The molecule has 1 aromatic carbocycles. The largest absolute Gasteiger partial charge is 0.349 e. The highest BCUT2D eigenvalue weighted by Gasteiger charge is 2.02. The number of benzene rings is 1. The molecule has 0 atom stereocenters. The Balaban J connectivity index is 2.14. The fourth-order valence-corrected chi connectivity index (χ4v) is 2.07. The van der Waals surface area contributed by atoms with Gasteiger partial charge in [-0.2, -0.15) is 0 Å². The topological polar surface area (TPSA) is 32.9 Å². The highest BCUT2D eigenvalue weighted by atomic mass is 79.9. The zero-order valence-corrected chi connectivity index (χ0v) is 12.0. The van der Waals surface area contributed by atoms with Crippen molar-refractivity contribution in [2.24, 2.45) is 0 Å². The highest BCUT2D eigenvalue weighted by Crippen LogP contribution is 2.23. The first-order valence-electron chi connectivity index (χ1n) is 4.98. The van der Waals surface area contributed by atoms with Crippen molar-refractivity contribution in [2.75, 3.05) is 0 Å². The maximum absolute atomic E-state index is 11.8. The van der Waals surface area contributed by atoms with E-state index in [1.54, 1.807) is 24.3 Å². The van der Waals surface area contributed by atoms with Crippen molar-refractivity contribution >= 4 is 43.7 Å². The number of hydrogen-bond acceptors (Lipinski definition) is 1. The van der Waals surface area contributed by atoms with E-state index in [1.807, 2.05) is 24.3 Å². The molecule has 0 aliphatic heterocycles. The van der Waals surface area contributed by atoms with Gasteiger partial charge in [-0.05, 0) is 50.1 Å². The van der Waals surface area contributed by atoms with Crippen molar-refractivity contribution < 1.29 is 4.79 Å². The summed E-state index contributed by atoms with van der Waals surface area (Å²) in [4.78, 5) is 14.9. The molecule has 0 amide bonds. The Morgan fingerprint density at radius 1 is 1.18 bits per heavy atom. The van der Waals surface area contributed by atoms with Crippen LogP contribution in [0.25, 0.3) is 6.08 Å². The molecule has 2 nitrogen and oxygen atoms in total. The van der Waals surface area contributed by atoms with E-state index < -0.39 is 0 Å². The molecule has 2 aromatic rings. The minimum Gasteiger partial charge on any atom is -0.349 e. The molecule has 0 aliphatic rings. The first-order chi connectivity index (χ1) is 8.16. The lowest BCUT2D eigenvalue weighted by Gasteiger charge is -1.93. The molecule has 1 aromatic heterocycles. The van der Waals surface area contributed by atoms with Gasteiger partial charge >= 0.3 is 0 Å². The van der Waals surface area contributed by atoms with E-state index in [4.69, 9.17) is 0 Å². The molecular weight excluding hydrogens is 346 g/mol. The Hall–Kier alpha value is -1.13. The Labute approximate surface area is 116 Å². The van der Waals surface area contributed by atoms with Crippen LogP contribution in [0.1, 0.15) is 16.1 Å². The molecule has 0 bridgehead atoms. The maximum atomic E-state index is 11.8. The summed E-state index contributed by atoms with van der Waals surface area (Å²) in [6.07, 6.45) is 3.31. The molecule has 17 heavy (non-hydrogen) atoms. The second-order valence-electron chi connectivity index (χ2n) is 3.45. The number of H-pyrrole nitrogens is 1. The summed E-state index contributed by atoms with van der Waals surface area (Å²) in [7, 11) is 0. The fourth-order valence-electron chi connectivity index (χ4n) is 1.38. The predicted octanol–water partition coefficient (Wildman–Crippen LogP) is 4.44. The van der Waals surface area contributed by atoms with Crippen LogP contribution in [0.15, 0.2) is 51.6 Å². The second-order valence-corrected chi connectivity index (χ2v) is 5.10. The molecule has 1 N–H and O–H groups in total. The minimum absolute atomic E-state index is 0.00700. The lowest BCUT2D eigenvalue weighted by molar-refractivity contribution is 0.104. The maximum Gasteiger partial charge on any atom is 0.185 e. The van der Waals surface area contributed by atoms with Crippen LogP contribution in [0, 0.1) is 0 Å². The summed E-state index contributed by atoms with van der Waals surface area (Å²) in [5.74, 6) is -0.00700. The Morgan fingerprint density at radius 2 is 1.88 bits per heavy atom. The van der Waals surface area contributed by atoms with Gasteiger partial charge in [-0.1, -0.05) is 30.3 Å². The summed E-state index contributed by atoms with van der Waals surface area (Å²) in [5.41, 5.74) is 1.56. The lowest BCUT2D eigenvalue weighted by atomic mass is 10.1. The van der Waals surface area contributed by atoms with Crippen LogP contribution in [-0.2, 0) is 0 Å². The third-order valence-corrected chi connectivity index (χ3v) is 4.00. The van der Waals surface area contributed by atoms with Crippen molar-refractivity contribution in [1.29, 1.82) is 0 Å². The average molecular weight is 355 g/mol. The molecule has 2 rings (SSSR count). The minimum atomic E-state index is -0.00700. The van der Waals surface area contributed by atoms with E-state index in [-0.39, 0.29) is 5.78 Å². The smallest absolute Gasteiger partial charge is 0.185 e. The summed E-state index contributed by atoms with van der Waals surface area (Å²) in [5, 5.41) is 0. The summed E-state index contributed by atoms with van der Waals surface area (Å²) in [6, 6.07) is 11.1. The van der Waals surface area contributed by atoms with Crippen LogP contribution in [0.3, 0.4) is 0 Å². The summed E-state index contributed by atoms with van der Waals surface area (Å²) < 4.78 is 1.80. The molecule has 0 saturated carbocycles. The van der Waals surface area contributed by atoms with Crippen molar-refractivity contribution in [1.82, 2.24) is 4.98 Å². The lowest BCUT2D eigenvalue weighted by Crippen LogP contribution is -1.92. The molecule has 1 heterocycles. The van der Waals surface area contributed by atoms with Gasteiger partial charge in [0.1, 0.15) is 0 Å². The number of aromatic nitrogens is 1. The Kier molecular flexibility index (Phi) is 3.97. The van der Waals surface area contributed by atoms with Crippen LogP contribution in [-0.4, -0.2) is 10.8 Å². The van der Waals surface area contributed by atoms with Crippen molar-refractivity contribution in [2.45, 2.75) is 0 Å². The normalized spacial score (nSPS) is 10.9. The van der Waals surface area contributed by atoms with Crippen LogP contribution >= 0.6 is 31.9 Å². The van der Waals surface area contributed by atoms with E-state index in [0.29, 0.717) is 5.56 Å². The van der Waals surface area contributed by atoms with Gasteiger partial charge in [0.25, 0.3) is 0 Å². The molecule has 0 radical (unpaired) electrons. The summed E-state index contributed by atoms with van der Waals surface area (Å²) >= 11 is 6.72. The van der Waals surface area contributed by atoms with Gasteiger partial charge in [-0.3, -0.25) is 4.79 Å². The van der Waals surface area contributed by atoms with Gasteiger partial charge in [-0.15, -0.1) is 0 Å². The predicted molar refractivity (Wildman–Crippen MR) is 76.0 cm³/mol. The molecular formula is C13H9Br2NO. The highest BCUT2D eigenvalue weighted by molar-refractivity contribution is 9.13. The van der Waals surface area contributed by atoms with E-state index in [9.17, 15) is 4.79 Å². The number of rotatable bonds is 3.